The lowest BCUT2D eigenvalue weighted by Crippen LogP contribution is -2.52. The van der Waals surface area contributed by atoms with Crippen molar-refractivity contribution in [1.29, 1.82) is 0 Å². The average molecular weight is 226 g/mol. The van der Waals surface area contributed by atoms with Gasteiger partial charge in [-0.05, 0) is 19.9 Å². The van der Waals surface area contributed by atoms with Crippen LogP contribution in [0.3, 0.4) is 0 Å². The van der Waals surface area contributed by atoms with E-state index in [0.717, 1.165) is 50.9 Å². The van der Waals surface area contributed by atoms with Crippen molar-refractivity contribution in [1.82, 2.24) is 4.90 Å². The average Bonchev–Trinajstić information content (AvgIpc) is 2.30. The molecule has 1 saturated carbocycles. The molecule has 16 heavy (non-hydrogen) atoms. The van der Waals surface area contributed by atoms with Gasteiger partial charge in [0.1, 0.15) is 0 Å². The van der Waals surface area contributed by atoms with Crippen LogP contribution in [0.5, 0.6) is 0 Å². The quantitative estimate of drug-likeness (QED) is 0.526. The Morgan fingerprint density at radius 1 is 1.31 bits per heavy atom. The Hall–Kier alpha value is -0.610. The second kappa shape index (κ2) is 4.72. The van der Waals surface area contributed by atoms with Crippen LogP contribution in [0.25, 0.3) is 0 Å². The molecular formula is C12H22N2O2. The molecule has 2 aliphatic rings. The molecule has 4 heteroatoms. The summed E-state index contributed by atoms with van der Waals surface area (Å²) in [5, 5.41) is 23.2. The fourth-order valence-corrected chi connectivity index (χ4v) is 3.10. The van der Waals surface area contributed by atoms with Gasteiger partial charge in [-0.25, -0.2) is 0 Å². The first kappa shape index (κ1) is 11.9. The number of likely N-dealkylation sites (tertiary alicyclic amines) is 1. The van der Waals surface area contributed by atoms with Crippen molar-refractivity contribution in [2.45, 2.75) is 44.1 Å². The zero-order chi connectivity index (χ0) is 11.6. The van der Waals surface area contributed by atoms with Crippen LogP contribution in [-0.2, 0) is 0 Å². The molecule has 0 aromatic rings. The number of rotatable bonds is 1. The largest absolute Gasteiger partial charge is 0.411 e. The molecule has 1 aliphatic carbocycles. The van der Waals surface area contributed by atoms with Crippen molar-refractivity contribution in [3.63, 3.8) is 0 Å². The highest BCUT2D eigenvalue weighted by Gasteiger charge is 2.42. The van der Waals surface area contributed by atoms with Gasteiger partial charge in [0.25, 0.3) is 0 Å². The number of nitrogens with zero attached hydrogens (tertiary/aromatic N) is 2. The van der Waals surface area contributed by atoms with Gasteiger partial charge in [0, 0.05) is 25.4 Å². The minimum Gasteiger partial charge on any atom is -0.411 e. The smallest absolute Gasteiger partial charge is 0.0741 e. The van der Waals surface area contributed by atoms with Gasteiger partial charge in [-0.15, -0.1) is 0 Å². The zero-order valence-corrected chi connectivity index (χ0v) is 10.0. The summed E-state index contributed by atoms with van der Waals surface area (Å²) in [6.07, 6.45) is 5.89. The van der Waals surface area contributed by atoms with Gasteiger partial charge in [0.2, 0.25) is 0 Å². The molecule has 0 spiro atoms. The normalized spacial score (nSPS) is 34.1. The Bertz CT molecular complexity index is 272. The third-order valence-electron chi connectivity index (χ3n) is 4.14. The monoisotopic (exact) mass is 226 g/mol. The standard InChI is InChI=1S/C12H22N2O2/c1-14-8-5-11(13-16)10(9-14)12(15)6-3-2-4-7-12/h10,15-16H,2-9H2,1H3/b13-11-/t10-/m1/s1. The van der Waals surface area contributed by atoms with Gasteiger partial charge in [-0.3, -0.25) is 0 Å². The van der Waals surface area contributed by atoms with E-state index in [-0.39, 0.29) is 5.92 Å². The lowest BCUT2D eigenvalue weighted by molar-refractivity contribution is -0.0389. The Labute approximate surface area is 96.9 Å². The fraction of sp³-hybridized carbons (Fsp3) is 0.917. The van der Waals surface area contributed by atoms with Crippen LogP contribution in [0.1, 0.15) is 38.5 Å². The predicted molar refractivity (Wildman–Crippen MR) is 62.9 cm³/mol. The van der Waals surface area contributed by atoms with E-state index < -0.39 is 5.60 Å². The Morgan fingerprint density at radius 3 is 2.62 bits per heavy atom. The van der Waals surface area contributed by atoms with Crippen LogP contribution in [0.15, 0.2) is 5.16 Å². The van der Waals surface area contributed by atoms with Crippen LogP contribution in [-0.4, -0.2) is 46.7 Å². The molecule has 0 aromatic heterocycles. The van der Waals surface area contributed by atoms with Crippen molar-refractivity contribution in [3.05, 3.63) is 0 Å². The van der Waals surface area contributed by atoms with Crippen molar-refractivity contribution in [2.24, 2.45) is 11.1 Å². The summed E-state index contributed by atoms with van der Waals surface area (Å²) >= 11 is 0. The molecule has 0 bridgehead atoms. The Morgan fingerprint density at radius 2 is 2.00 bits per heavy atom. The summed E-state index contributed by atoms with van der Waals surface area (Å²) in [6, 6.07) is 0. The van der Waals surface area contributed by atoms with Gasteiger partial charge in [-0.1, -0.05) is 24.4 Å². The minimum atomic E-state index is -0.630. The van der Waals surface area contributed by atoms with E-state index in [2.05, 4.69) is 17.1 Å². The first-order valence-corrected chi connectivity index (χ1v) is 6.27. The van der Waals surface area contributed by atoms with E-state index in [1.54, 1.807) is 0 Å². The number of piperidine rings is 1. The number of oxime groups is 1. The maximum absolute atomic E-state index is 10.7. The van der Waals surface area contributed by atoms with Crippen molar-refractivity contribution < 1.29 is 10.3 Å². The van der Waals surface area contributed by atoms with Crippen LogP contribution in [0.4, 0.5) is 0 Å². The molecular weight excluding hydrogens is 204 g/mol. The van der Waals surface area contributed by atoms with Crippen LogP contribution < -0.4 is 0 Å². The van der Waals surface area contributed by atoms with E-state index in [9.17, 15) is 5.11 Å². The Kier molecular flexibility index (Phi) is 3.50. The van der Waals surface area contributed by atoms with Crippen molar-refractivity contribution in [3.8, 4) is 0 Å². The fourth-order valence-electron chi connectivity index (χ4n) is 3.10. The van der Waals surface area contributed by atoms with Gasteiger partial charge in [0.05, 0.1) is 11.3 Å². The molecule has 1 heterocycles. The summed E-state index contributed by atoms with van der Waals surface area (Å²) < 4.78 is 0. The number of hydrogen-bond acceptors (Lipinski definition) is 4. The van der Waals surface area contributed by atoms with Gasteiger partial charge < -0.3 is 15.2 Å². The second-order valence-corrected chi connectivity index (χ2v) is 5.32. The summed E-state index contributed by atoms with van der Waals surface area (Å²) in [7, 11) is 2.06. The number of hydrogen-bond donors (Lipinski definition) is 2. The predicted octanol–water partition coefficient (Wildman–Crippen LogP) is 1.46. The highest BCUT2D eigenvalue weighted by molar-refractivity contribution is 5.88. The third kappa shape index (κ3) is 2.23. The topological polar surface area (TPSA) is 56.1 Å². The second-order valence-electron chi connectivity index (χ2n) is 5.32. The molecule has 1 atom stereocenters. The summed E-state index contributed by atoms with van der Waals surface area (Å²) in [5.74, 6) is 0.0246. The Balaban J connectivity index is 2.15. The molecule has 92 valence electrons. The molecule has 1 aliphatic heterocycles. The highest BCUT2D eigenvalue weighted by Crippen LogP contribution is 2.37. The maximum atomic E-state index is 10.7. The summed E-state index contributed by atoms with van der Waals surface area (Å²) in [5.41, 5.74) is 0.164. The first-order chi connectivity index (χ1) is 7.65. The molecule has 0 unspecified atom stereocenters. The van der Waals surface area contributed by atoms with E-state index in [1.807, 2.05) is 0 Å². The molecule has 2 rings (SSSR count). The van der Waals surface area contributed by atoms with Crippen LogP contribution >= 0.6 is 0 Å². The van der Waals surface area contributed by atoms with Crippen molar-refractivity contribution in [2.75, 3.05) is 20.1 Å². The minimum absolute atomic E-state index is 0.0246. The molecule has 0 radical (unpaired) electrons. The highest BCUT2D eigenvalue weighted by atomic mass is 16.4. The zero-order valence-electron chi connectivity index (χ0n) is 10.0. The lowest BCUT2D eigenvalue weighted by Gasteiger charge is -2.43. The van der Waals surface area contributed by atoms with Crippen LogP contribution in [0.2, 0.25) is 0 Å². The summed E-state index contributed by atoms with van der Waals surface area (Å²) in [6.45, 7) is 1.74. The molecule has 0 amide bonds. The molecule has 0 aromatic carbocycles. The van der Waals surface area contributed by atoms with Gasteiger partial charge in [-0.2, -0.15) is 0 Å². The first-order valence-electron chi connectivity index (χ1n) is 6.27. The van der Waals surface area contributed by atoms with Gasteiger partial charge >= 0.3 is 0 Å². The molecule has 2 fully saturated rings. The maximum Gasteiger partial charge on any atom is 0.0741 e. The van der Waals surface area contributed by atoms with E-state index in [1.165, 1.54) is 6.42 Å². The lowest BCUT2D eigenvalue weighted by atomic mass is 9.72. The van der Waals surface area contributed by atoms with Gasteiger partial charge in [0.15, 0.2) is 0 Å². The SMILES string of the molecule is CN1CC/C(=N/O)[C@H](C2(O)CCCCC2)C1. The van der Waals surface area contributed by atoms with Crippen molar-refractivity contribution >= 4 is 5.71 Å². The summed E-state index contributed by atoms with van der Waals surface area (Å²) in [4.78, 5) is 2.21. The molecule has 1 saturated heterocycles. The van der Waals surface area contributed by atoms with E-state index >= 15 is 0 Å². The third-order valence-corrected chi connectivity index (χ3v) is 4.14. The number of aliphatic hydroxyl groups is 1. The van der Waals surface area contributed by atoms with E-state index in [4.69, 9.17) is 5.21 Å². The molecule has 4 nitrogen and oxygen atoms in total. The van der Waals surface area contributed by atoms with E-state index in [0.29, 0.717) is 0 Å². The van der Waals surface area contributed by atoms with Crippen LogP contribution in [0, 0.1) is 5.92 Å². The molecule has 2 N–H and O–H groups in total.